The molecule has 8 nitrogen and oxygen atoms in total. The van der Waals surface area contributed by atoms with E-state index < -0.39 is 24.6 Å². The van der Waals surface area contributed by atoms with Crippen LogP contribution in [-0.4, -0.2) is 66.5 Å². The lowest BCUT2D eigenvalue weighted by Gasteiger charge is -2.39. The second-order valence-electron chi connectivity index (χ2n) is 10.3. The van der Waals surface area contributed by atoms with E-state index in [1.165, 1.54) is 12.1 Å². The first-order valence-corrected chi connectivity index (χ1v) is 12.7. The second-order valence-corrected chi connectivity index (χ2v) is 10.3. The molecule has 2 aliphatic heterocycles. The highest BCUT2D eigenvalue weighted by molar-refractivity contribution is 6.01. The maximum Gasteiger partial charge on any atom is 0.573 e. The Morgan fingerprint density at radius 3 is 2.70 bits per heavy atom. The van der Waals surface area contributed by atoms with Crippen LogP contribution in [0.2, 0.25) is 0 Å². The number of nitrogens with zero attached hydrogens (tertiary/aromatic N) is 4. The predicted octanol–water partition coefficient (Wildman–Crippen LogP) is 4.75. The molecule has 2 aromatic carbocycles. The lowest BCUT2D eigenvalue weighted by Crippen LogP contribution is -2.52. The molecule has 1 amide bonds. The fraction of sp³-hybridized carbons (Fsp3) is 0.370. The summed E-state index contributed by atoms with van der Waals surface area (Å²) in [4.78, 5) is 24.4. The van der Waals surface area contributed by atoms with Crippen LogP contribution < -0.4 is 20.3 Å². The summed E-state index contributed by atoms with van der Waals surface area (Å²) < 4.78 is 72.1. The highest BCUT2D eigenvalue weighted by Gasteiger charge is 2.52. The van der Waals surface area contributed by atoms with Crippen LogP contribution in [0.1, 0.15) is 28.8 Å². The van der Waals surface area contributed by atoms with Gasteiger partial charge in [0.2, 0.25) is 5.95 Å². The van der Waals surface area contributed by atoms with Crippen LogP contribution in [0, 0.1) is 5.82 Å². The number of hydrogen-bond acceptors (Lipinski definition) is 7. The van der Waals surface area contributed by atoms with Gasteiger partial charge in [0, 0.05) is 36.4 Å². The van der Waals surface area contributed by atoms with Crippen molar-refractivity contribution < 1.29 is 31.5 Å². The highest BCUT2D eigenvalue weighted by atomic mass is 19.4. The smallest absolute Gasteiger partial charge is 0.404 e. The van der Waals surface area contributed by atoms with E-state index in [9.17, 15) is 26.7 Å². The van der Waals surface area contributed by atoms with E-state index >= 15 is 0 Å². The van der Waals surface area contributed by atoms with Crippen molar-refractivity contribution in [2.24, 2.45) is 0 Å². The molecule has 1 unspecified atom stereocenters. The van der Waals surface area contributed by atoms with E-state index in [4.69, 9.17) is 0 Å². The number of alkyl halides is 4. The molecular formula is C27H25F5N6O2. The van der Waals surface area contributed by atoms with Crippen LogP contribution in [0.25, 0.3) is 11.3 Å². The zero-order valence-electron chi connectivity index (χ0n) is 21.4. The average molecular weight is 561 g/mol. The van der Waals surface area contributed by atoms with E-state index in [1.54, 1.807) is 18.2 Å². The van der Waals surface area contributed by atoms with Crippen LogP contribution in [-0.2, 0) is 5.54 Å². The highest BCUT2D eigenvalue weighted by Crippen LogP contribution is 2.50. The van der Waals surface area contributed by atoms with Crippen LogP contribution in [0.3, 0.4) is 0 Å². The average Bonchev–Trinajstić information content (AvgIpc) is 3.64. The monoisotopic (exact) mass is 560 g/mol. The topological polar surface area (TPSA) is 82.6 Å². The first-order chi connectivity index (χ1) is 19.0. The lowest BCUT2D eigenvalue weighted by atomic mass is 9.99. The Kier molecular flexibility index (Phi) is 6.28. The van der Waals surface area contributed by atoms with Crippen molar-refractivity contribution in [1.29, 1.82) is 0 Å². The lowest BCUT2D eigenvalue weighted by molar-refractivity contribution is -0.274. The summed E-state index contributed by atoms with van der Waals surface area (Å²) in [6.45, 7) is 0.889. The van der Waals surface area contributed by atoms with Crippen molar-refractivity contribution >= 4 is 23.2 Å². The number of amides is 1. The number of carbonyl (C=O) groups is 1. The number of fused-ring (bicyclic) bond motifs is 2. The molecule has 13 heteroatoms. The number of carbonyl (C=O) groups excluding carboxylic acids is 1. The normalized spacial score (nSPS) is 19.9. The zero-order chi connectivity index (χ0) is 28.2. The van der Waals surface area contributed by atoms with Crippen LogP contribution in [0.5, 0.6) is 5.75 Å². The van der Waals surface area contributed by atoms with Gasteiger partial charge in [-0.3, -0.25) is 9.69 Å². The molecular weight excluding hydrogens is 535 g/mol. The Bertz CT molecular complexity index is 1480. The number of benzene rings is 2. The number of hydrogen-bond donors (Lipinski definition) is 2. The van der Waals surface area contributed by atoms with Gasteiger partial charge >= 0.3 is 6.36 Å². The molecule has 0 bridgehead atoms. The van der Waals surface area contributed by atoms with Gasteiger partial charge in [-0.05, 0) is 49.7 Å². The first kappa shape index (κ1) is 26.2. The molecule has 1 saturated heterocycles. The summed E-state index contributed by atoms with van der Waals surface area (Å²) in [7, 11) is 1.82. The van der Waals surface area contributed by atoms with E-state index in [2.05, 4.69) is 25.3 Å². The molecule has 3 aliphatic rings. The number of ether oxygens (including phenoxy) is 1. The number of nitrogens with one attached hydrogen (secondary N) is 2. The number of halogens is 5. The Morgan fingerprint density at radius 1 is 1.18 bits per heavy atom. The summed E-state index contributed by atoms with van der Waals surface area (Å²) in [6, 6.07) is 8.68. The molecule has 1 atom stereocenters. The molecule has 1 saturated carbocycles. The summed E-state index contributed by atoms with van der Waals surface area (Å²) in [5.41, 5.74) is 1.61. The van der Waals surface area contributed by atoms with Gasteiger partial charge in [-0.2, -0.15) is 0 Å². The third kappa shape index (κ3) is 4.89. The van der Waals surface area contributed by atoms with Gasteiger partial charge in [-0.1, -0.05) is 12.1 Å². The molecule has 1 spiro atoms. The molecule has 0 radical (unpaired) electrons. The Morgan fingerprint density at radius 2 is 1.98 bits per heavy atom. The molecule has 40 heavy (non-hydrogen) atoms. The summed E-state index contributed by atoms with van der Waals surface area (Å²) >= 11 is 0. The molecule has 1 aliphatic carbocycles. The molecule has 210 valence electrons. The number of likely N-dealkylation sites (N-methyl/N-ethyl adjacent to an activating group) is 1. The number of anilines is 3. The van der Waals surface area contributed by atoms with Gasteiger partial charge in [0.05, 0.1) is 23.5 Å². The maximum atomic E-state index is 14.8. The Labute approximate surface area is 226 Å². The molecule has 6 rings (SSSR count). The van der Waals surface area contributed by atoms with Crippen LogP contribution in [0.4, 0.5) is 39.3 Å². The second kappa shape index (κ2) is 9.58. The third-order valence-electron chi connectivity index (χ3n) is 7.66. The molecule has 3 heterocycles. The minimum atomic E-state index is -4.97. The number of rotatable bonds is 6. The van der Waals surface area contributed by atoms with Crippen molar-refractivity contribution in [3.63, 3.8) is 0 Å². The van der Waals surface area contributed by atoms with E-state index in [0.29, 0.717) is 36.4 Å². The van der Waals surface area contributed by atoms with Gasteiger partial charge < -0.3 is 20.3 Å². The minimum absolute atomic E-state index is 0.105. The summed E-state index contributed by atoms with van der Waals surface area (Å²) in [6.07, 6.45) is -2.39. The van der Waals surface area contributed by atoms with Crippen molar-refractivity contribution in [2.75, 3.05) is 43.6 Å². The maximum absolute atomic E-state index is 14.8. The molecule has 2 N–H and O–H groups in total. The Hall–Kier alpha value is -4.00. The van der Waals surface area contributed by atoms with Crippen molar-refractivity contribution in [3.05, 3.63) is 59.5 Å². The van der Waals surface area contributed by atoms with Crippen LogP contribution >= 0.6 is 0 Å². The molecule has 3 aromatic rings. The van der Waals surface area contributed by atoms with Gasteiger partial charge in [-0.25, -0.2) is 18.7 Å². The van der Waals surface area contributed by atoms with Crippen molar-refractivity contribution in [2.45, 2.75) is 30.8 Å². The van der Waals surface area contributed by atoms with Gasteiger partial charge in [-0.15, -0.1) is 13.2 Å². The van der Waals surface area contributed by atoms with E-state index in [1.807, 2.05) is 16.8 Å². The fourth-order valence-electron chi connectivity index (χ4n) is 5.29. The predicted molar refractivity (Wildman–Crippen MR) is 137 cm³/mol. The number of piperazine rings is 1. The Balaban J connectivity index is 1.32. The summed E-state index contributed by atoms with van der Waals surface area (Å²) in [5.74, 6) is -1.72. The third-order valence-corrected chi connectivity index (χ3v) is 7.66. The van der Waals surface area contributed by atoms with Gasteiger partial charge in [0.1, 0.15) is 12.4 Å². The zero-order valence-corrected chi connectivity index (χ0v) is 21.4. The van der Waals surface area contributed by atoms with Gasteiger partial charge in [0.15, 0.2) is 11.6 Å². The minimum Gasteiger partial charge on any atom is -0.404 e. The molecule has 1 aromatic heterocycles. The van der Waals surface area contributed by atoms with E-state index in [0.717, 1.165) is 30.7 Å². The molecule has 2 fully saturated rings. The standard InChI is InChI=1S/C27H25F5N6O2/c1-37-8-9-38(14-17(37)12-28)16-3-5-22(40-27(30,31)32)21(11-16)34-25-33-13-20(29)23(35-25)15-2-4-19-18(10-15)24(39)36-26(19)6-7-26/h2-5,10-11,13,17H,6-9,12,14H2,1H3,(H,36,39)(H,33,34,35). The van der Waals surface area contributed by atoms with Crippen LogP contribution in [0.15, 0.2) is 42.6 Å². The first-order valence-electron chi connectivity index (χ1n) is 12.7. The quantitative estimate of drug-likeness (QED) is 0.422. The largest absolute Gasteiger partial charge is 0.573 e. The van der Waals surface area contributed by atoms with E-state index in [-0.39, 0.29) is 34.8 Å². The summed E-state index contributed by atoms with van der Waals surface area (Å²) in [5, 5.41) is 5.69. The SMILES string of the molecule is CN1CCN(c2ccc(OC(F)(F)F)c(Nc3ncc(F)c(-c4ccc5c(c4)C(=O)NC54CC4)n3)c2)CC1CF. The van der Waals surface area contributed by atoms with Crippen molar-refractivity contribution in [3.8, 4) is 17.0 Å². The fourth-order valence-corrected chi connectivity index (χ4v) is 5.29. The number of aromatic nitrogens is 2. The van der Waals surface area contributed by atoms with Crippen molar-refractivity contribution in [1.82, 2.24) is 20.2 Å². The van der Waals surface area contributed by atoms with Gasteiger partial charge in [0.25, 0.3) is 5.91 Å².